The molecule has 3 nitrogen and oxygen atoms in total. The number of carbonyl (C=O) groups is 1. The average Bonchev–Trinajstić information content (AvgIpc) is 2.98. The molecule has 1 saturated carbocycles. The molecule has 1 aliphatic carbocycles. The largest absolute Gasteiger partial charge is 0.302 e. The molecule has 0 radical (unpaired) electrons. The Bertz CT molecular complexity index is 369. The first kappa shape index (κ1) is 11.6. The van der Waals surface area contributed by atoms with E-state index in [1.807, 2.05) is 0 Å². The molecule has 0 aromatic carbocycles. The van der Waals surface area contributed by atoms with E-state index < -0.39 is 0 Å². The minimum atomic E-state index is 0.0883. The number of carbonyl (C=O) groups excluding carboxylic acids is 1. The third kappa shape index (κ3) is 3.30. The average molecular weight is 238 g/mol. The van der Waals surface area contributed by atoms with Crippen molar-refractivity contribution in [1.82, 2.24) is 4.98 Å². The van der Waals surface area contributed by atoms with Gasteiger partial charge < -0.3 is 5.32 Å². The third-order valence-electron chi connectivity index (χ3n) is 2.71. The second-order valence-corrected chi connectivity index (χ2v) is 5.69. The van der Waals surface area contributed by atoms with E-state index in [1.165, 1.54) is 24.2 Å². The van der Waals surface area contributed by atoms with E-state index in [0.717, 1.165) is 17.2 Å². The van der Waals surface area contributed by atoms with E-state index in [4.69, 9.17) is 0 Å². The fourth-order valence-corrected chi connectivity index (χ4v) is 2.32. The molecule has 1 aromatic rings. The number of thiazole rings is 1. The van der Waals surface area contributed by atoms with E-state index in [1.54, 1.807) is 0 Å². The van der Waals surface area contributed by atoms with Gasteiger partial charge in [0.2, 0.25) is 5.91 Å². The molecule has 1 heterocycles. The molecule has 0 unspecified atom stereocenters. The third-order valence-corrected chi connectivity index (χ3v) is 3.49. The standard InChI is InChI=1S/C12H18N2OS/c1-8(2)3-6-11(15)14-12-13-10(7-16-12)9-4-5-9/h7-9H,3-6H2,1-2H3,(H,13,14,15). The monoisotopic (exact) mass is 238 g/mol. The van der Waals surface area contributed by atoms with Crippen LogP contribution < -0.4 is 5.32 Å². The van der Waals surface area contributed by atoms with Crippen molar-refractivity contribution < 1.29 is 4.79 Å². The van der Waals surface area contributed by atoms with Crippen molar-refractivity contribution in [3.63, 3.8) is 0 Å². The van der Waals surface area contributed by atoms with E-state index >= 15 is 0 Å². The molecule has 16 heavy (non-hydrogen) atoms. The molecule has 1 N–H and O–H groups in total. The van der Waals surface area contributed by atoms with Gasteiger partial charge >= 0.3 is 0 Å². The number of anilines is 1. The van der Waals surface area contributed by atoms with Crippen LogP contribution in [0.5, 0.6) is 0 Å². The van der Waals surface area contributed by atoms with Crippen LogP contribution in [0, 0.1) is 5.92 Å². The number of hydrogen-bond donors (Lipinski definition) is 1. The summed E-state index contributed by atoms with van der Waals surface area (Å²) in [5.41, 5.74) is 1.16. The summed E-state index contributed by atoms with van der Waals surface area (Å²) in [7, 11) is 0. The van der Waals surface area contributed by atoms with Crippen LogP contribution in [0.1, 0.15) is 51.1 Å². The Hall–Kier alpha value is -0.900. The van der Waals surface area contributed by atoms with E-state index in [0.29, 0.717) is 18.3 Å². The highest BCUT2D eigenvalue weighted by molar-refractivity contribution is 7.13. The van der Waals surface area contributed by atoms with Gasteiger partial charge in [-0.3, -0.25) is 4.79 Å². The van der Waals surface area contributed by atoms with Crippen LogP contribution in [0.4, 0.5) is 5.13 Å². The lowest BCUT2D eigenvalue weighted by molar-refractivity contribution is -0.116. The fraction of sp³-hybridized carbons (Fsp3) is 0.667. The second kappa shape index (κ2) is 4.95. The van der Waals surface area contributed by atoms with Crippen LogP contribution in [0.3, 0.4) is 0 Å². The highest BCUT2D eigenvalue weighted by atomic mass is 32.1. The Morgan fingerprint density at radius 2 is 2.38 bits per heavy atom. The molecule has 2 rings (SSSR count). The molecule has 1 fully saturated rings. The molecule has 4 heteroatoms. The lowest BCUT2D eigenvalue weighted by Gasteiger charge is -2.03. The maximum atomic E-state index is 11.6. The van der Waals surface area contributed by atoms with E-state index in [9.17, 15) is 4.79 Å². The van der Waals surface area contributed by atoms with Crippen LogP contribution in [-0.4, -0.2) is 10.9 Å². The van der Waals surface area contributed by atoms with Crippen LogP contribution >= 0.6 is 11.3 Å². The quantitative estimate of drug-likeness (QED) is 0.854. The molecule has 0 saturated heterocycles. The maximum Gasteiger partial charge on any atom is 0.226 e. The Kier molecular flexibility index (Phi) is 3.59. The summed E-state index contributed by atoms with van der Waals surface area (Å²) < 4.78 is 0. The number of aromatic nitrogens is 1. The molecular weight excluding hydrogens is 220 g/mol. The number of nitrogens with one attached hydrogen (secondary N) is 1. The van der Waals surface area contributed by atoms with Crippen molar-refractivity contribution in [2.24, 2.45) is 5.92 Å². The lowest BCUT2D eigenvalue weighted by Crippen LogP contribution is -2.11. The van der Waals surface area contributed by atoms with Gasteiger partial charge in [0, 0.05) is 17.7 Å². The molecule has 0 atom stereocenters. The van der Waals surface area contributed by atoms with Crippen molar-refractivity contribution >= 4 is 22.4 Å². The Morgan fingerprint density at radius 3 is 3.00 bits per heavy atom. The molecule has 0 spiro atoms. The van der Waals surface area contributed by atoms with E-state index in [2.05, 4.69) is 29.5 Å². The van der Waals surface area contributed by atoms with Gasteiger partial charge in [-0.15, -0.1) is 11.3 Å². The van der Waals surface area contributed by atoms with E-state index in [-0.39, 0.29) is 5.91 Å². The number of amides is 1. The number of rotatable bonds is 5. The Labute approximate surface area is 100 Å². The van der Waals surface area contributed by atoms with Crippen molar-refractivity contribution in [3.8, 4) is 0 Å². The summed E-state index contributed by atoms with van der Waals surface area (Å²) in [6, 6.07) is 0. The molecule has 1 aromatic heterocycles. The predicted molar refractivity (Wildman–Crippen MR) is 66.8 cm³/mol. The topological polar surface area (TPSA) is 42.0 Å². The first-order valence-electron chi connectivity index (χ1n) is 5.90. The summed E-state index contributed by atoms with van der Waals surface area (Å²) in [5, 5.41) is 5.69. The molecule has 1 aliphatic rings. The summed E-state index contributed by atoms with van der Waals surface area (Å²) in [6.45, 7) is 4.25. The van der Waals surface area contributed by atoms with Crippen LogP contribution in [0.2, 0.25) is 0 Å². The van der Waals surface area contributed by atoms with Crippen LogP contribution in [0.15, 0.2) is 5.38 Å². The first-order valence-corrected chi connectivity index (χ1v) is 6.78. The summed E-state index contributed by atoms with van der Waals surface area (Å²) >= 11 is 1.54. The highest BCUT2D eigenvalue weighted by Gasteiger charge is 2.26. The van der Waals surface area contributed by atoms with Gasteiger partial charge in [-0.2, -0.15) is 0 Å². The minimum absolute atomic E-state index is 0.0883. The first-order chi connectivity index (χ1) is 7.65. The van der Waals surface area contributed by atoms with Gasteiger partial charge in [0.25, 0.3) is 0 Å². The molecule has 0 bridgehead atoms. The molecule has 1 amide bonds. The zero-order valence-corrected chi connectivity index (χ0v) is 10.6. The van der Waals surface area contributed by atoms with Crippen molar-refractivity contribution in [2.75, 3.05) is 5.32 Å². The summed E-state index contributed by atoms with van der Waals surface area (Å²) in [4.78, 5) is 16.0. The fourth-order valence-electron chi connectivity index (χ4n) is 1.51. The lowest BCUT2D eigenvalue weighted by atomic mass is 10.1. The molecule has 88 valence electrons. The van der Waals surface area contributed by atoms with Gasteiger partial charge in [-0.1, -0.05) is 13.8 Å². The zero-order chi connectivity index (χ0) is 11.5. The van der Waals surface area contributed by atoms with Gasteiger partial charge in [-0.05, 0) is 25.2 Å². The SMILES string of the molecule is CC(C)CCC(=O)Nc1nc(C2CC2)cs1. The summed E-state index contributed by atoms with van der Waals surface area (Å²) in [5.74, 6) is 1.33. The van der Waals surface area contributed by atoms with Gasteiger partial charge in [-0.25, -0.2) is 4.98 Å². The number of hydrogen-bond acceptors (Lipinski definition) is 3. The molecular formula is C12H18N2OS. The van der Waals surface area contributed by atoms with Crippen LogP contribution in [-0.2, 0) is 4.79 Å². The maximum absolute atomic E-state index is 11.6. The van der Waals surface area contributed by atoms with Crippen molar-refractivity contribution in [1.29, 1.82) is 0 Å². The number of nitrogens with zero attached hydrogens (tertiary/aromatic N) is 1. The minimum Gasteiger partial charge on any atom is -0.302 e. The Morgan fingerprint density at radius 1 is 1.62 bits per heavy atom. The van der Waals surface area contributed by atoms with Crippen molar-refractivity contribution in [3.05, 3.63) is 11.1 Å². The zero-order valence-electron chi connectivity index (χ0n) is 9.82. The smallest absolute Gasteiger partial charge is 0.226 e. The second-order valence-electron chi connectivity index (χ2n) is 4.83. The van der Waals surface area contributed by atoms with Gasteiger partial charge in [0.15, 0.2) is 5.13 Å². The molecule has 0 aliphatic heterocycles. The van der Waals surface area contributed by atoms with Gasteiger partial charge in [0.05, 0.1) is 5.69 Å². The Balaban J connectivity index is 1.80. The van der Waals surface area contributed by atoms with Gasteiger partial charge in [0.1, 0.15) is 0 Å². The highest BCUT2D eigenvalue weighted by Crippen LogP contribution is 2.40. The van der Waals surface area contributed by atoms with Crippen molar-refractivity contribution in [2.45, 2.75) is 45.4 Å². The van der Waals surface area contributed by atoms with Crippen LogP contribution in [0.25, 0.3) is 0 Å². The normalized spacial score (nSPS) is 15.4. The summed E-state index contributed by atoms with van der Waals surface area (Å²) in [6.07, 6.45) is 4.04. The predicted octanol–water partition coefficient (Wildman–Crippen LogP) is 3.40.